The van der Waals surface area contributed by atoms with E-state index in [2.05, 4.69) is 10.3 Å². The predicted molar refractivity (Wildman–Crippen MR) is 92.1 cm³/mol. The molecule has 1 aliphatic carbocycles. The van der Waals surface area contributed by atoms with Gasteiger partial charge in [0.05, 0.1) is 12.1 Å². The normalized spacial score (nSPS) is 20.6. The zero-order valence-corrected chi connectivity index (χ0v) is 13.9. The molecule has 1 atom stereocenters. The van der Waals surface area contributed by atoms with E-state index in [1.807, 2.05) is 30.3 Å². The van der Waals surface area contributed by atoms with Crippen molar-refractivity contribution in [3.63, 3.8) is 0 Å². The molecule has 3 rings (SSSR count). The van der Waals surface area contributed by atoms with E-state index in [1.54, 1.807) is 6.92 Å². The minimum atomic E-state index is -0.610. The third-order valence-electron chi connectivity index (χ3n) is 4.60. The van der Waals surface area contributed by atoms with Gasteiger partial charge >= 0.3 is 5.69 Å². The van der Waals surface area contributed by atoms with Gasteiger partial charge in [0.2, 0.25) is 5.91 Å². The molecule has 1 aromatic carbocycles. The summed E-state index contributed by atoms with van der Waals surface area (Å²) in [7, 11) is 0. The number of amides is 1. The van der Waals surface area contributed by atoms with Crippen LogP contribution in [0.3, 0.4) is 0 Å². The van der Waals surface area contributed by atoms with Crippen molar-refractivity contribution in [3.05, 3.63) is 68.5 Å². The summed E-state index contributed by atoms with van der Waals surface area (Å²) in [6, 6.07) is 9.37. The first kappa shape index (κ1) is 17.2. The maximum Gasteiger partial charge on any atom is 0.328 e. The van der Waals surface area contributed by atoms with Crippen LogP contribution in [0.2, 0.25) is 0 Å². The third kappa shape index (κ3) is 3.88. The van der Waals surface area contributed by atoms with Crippen LogP contribution in [0.25, 0.3) is 0 Å². The summed E-state index contributed by atoms with van der Waals surface area (Å²) >= 11 is 0. The highest BCUT2D eigenvalue weighted by atomic mass is 16.3. The van der Waals surface area contributed by atoms with Crippen LogP contribution in [0.15, 0.2) is 46.1 Å². The first-order valence-corrected chi connectivity index (χ1v) is 8.27. The Kier molecular flexibility index (Phi) is 4.85. The second kappa shape index (κ2) is 7.06. The Hall–Kier alpha value is -2.67. The molecule has 2 aromatic rings. The van der Waals surface area contributed by atoms with Gasteiger partial charge < -0.3 is 10.4 Å². The van der Waals surface area contributed by atoms with Crippen molar-refractivity contribution in [2.45, 2.75) is 38.5 Å². The van der Waals surface area contributed by atoms with E-state index < -0.39 is 11.2 Å². The summed E-state index contributed by atoms with van der Waals surface area (Å²) in [6.07, 6.45) is 2.33. The minimum Gasteiger partial charge on any atom is -0.393 e. The Morgan fingerprint density at radius 2 is 2.00 bits per heavy atom. The van der Waals surface area contributed by atoms with Crippen LogP contribution in [-0.2, 0) is 11.3 Å². The second-order valence-electron chi connectivity index (χ2n) is 6.54. The van der Waals surface area contributed by atoms with Crippen molar-refractivity contribution < 1.29 is 9.90 Å². The smallest absolute Gasteiger partial charge is 0.328 e. The minimum absolute atomic E-state index is 0.162. The van der Waals surface area contributed by atoms with Crippen LogP contribution in [0.5, 0.6) is 0 Å². The summed E-state index contributed by atoms with van der Waals surface area (Å²) < 4.78 is 1.18. The van der Waals surface area contributed by atoms with E-state index >= 15 is 0 Å². The van der Waals surface area contributed by atoms with Gasteiger partial charge in [-0.3, -0.25) is 19.1 Å². The molecule has 1 heterocycles. The number of carbonyl (C=O) groups excluding carboxylic acids is 1. The van der Waals surface area contributed by atoms with Crippen molar-refractivity contribution in [2.24, 2.45) is 5.92 Å². The number of nitrogens with zero attached hydrogens (tertiary/aromatic N) is 1. The molecular weight excluding hydrogens is 322 g/mol. The summed E-state index contributed by atoms with van der Waals surface area (Å²) in [5.74, 6) is -0.154. The van der Waals surface area contributed by atoms with Gasteiger partial charge in [0, 0.05) is 11.8 Å². The Balaban J connectivity index is 1.76. The second-order valence-corrected chi connectivity index (χ2v) is 6.54. The van der Waals surface area contributed by atoms with Gasteiger partial charge in [-0.15, -0.1) is 0 Å². The number of aliphatic hydroxyl groups excluding tert-OH is 1. The molecule has 7 nitrogen and oxygen atoms in total. The lowest BCUT2D eigenvalue weighted by Gasteiger charge is -2.38. The van der Waals surface area contributed by atoms with Gasteiger partial charge in [0.25, 0.3) is 5.56 Å². The van der Waals surface area contributed by atoms with Gasteiger partial charge in [-0.2, -0.15) is 0 Å². The van der Waals surface area contributed by atoms with Gasteiger partial charge in [0.15, 0.2) is 0 Å². The number of H-pyrrole nitrogens is 1. The quantitative estimate of drug-likeness (QED) is 0.734. The Morgan fingerprint density at radius 3 is 2.64 bits per heavy atom. The highest BCUT2D eigenvalue weighted by Crippen LogP contribution is 2.37. The number of carbonyl (C=O) groups is 1. The molecule has 1 unspecified atom stereocenters. The number of aryl methyl sites for hydroxylation is 1. The van der Waals surface area contributed by atoms with Crippen molar-refractivity contribution in [1.82, 2.24) is 14.9 Å². The fourth-order valence-electron chi connectivity index (χ4n) is 3.15. The Bertz CT molecular complexity index is 866. The van der Waals surface area contributed by atoms with Crippen molar-refractivity contribution >= 4 is 5.91 Å². The first-order chi connectivity index (χ1) is 11.9. The predicted octanol–water partition coefficient (Wildman–Crippen LogP) is 0.473. The molecule has 0 bridgehead atoms. The van der Waals surface area contributed by atoms with E-state index in [-0.39, 0.29) is 30.5 Å². The molecule has 1 amide bonds. The van der Waals surface area contributed by atoms with E-state index in [9.17, 15) is 19.5 Å². The van der Waals surface area contributed by atoms with Crippen LogP contribution in [0, 0.1) is 12.8 Å². The third-order valence-corrected chi connectivity index (χ3v) is 4.60. The van der Waals surface area contributed by atoms with E-state index in [0.29, 0.717) is 18.4 Å². The molecule has 0 spiro atoms. The molecular formula is C18H21N3O4. The van der Waals surface area contributed by atoms with Gasteiger partial charge in [-0.1, -0.05) is 30.3 Å². The lowest BCUT2D eigenvalue weighted by molar-refractivity contribution is -0.123. The average molecular weight is 343 g/mol. The summed E-state index contributed by atoms with van der Waals surface area (Å²) in [5.41, 5.74) is 0.278. The van der Waals surface area contributed by atoms with Gasteiger partial charge in [0.1, 0.15) is 6.54 Å². The molecule has 0 radical (unpaired) electrons. The summed E-state index contributed by atoms with van der Waals surface area (Å²) in [6.45, 7) is 1.41. The van der Waals surface area contributed by atoms with Crippen molar-refractivity contribution in [3.8, 4) is 0 Å². The number of aromatic amines is 1. The Labute approximate surface area is 144 Å². The van der Waals surface area contributed by atoms with E-state index in [4.69, 9.17) is 0 Å². The molecule has 0 aliphatic heterocycles. The standard InChI is InChI=1S/C18H21N3O4/c1-11-9-21(18(25)20-17(11)24)10-15(23)19-16(13-7-14(22)8-13)12-5-3-2-4-6-12/h2-6,9,13-14,16,22H,7-8,10H2,1H3,(H,19,23)(H,20,24,25). The van der Waals surface area contributed by atoms with Crippen molar-refractivity contribution in [2.75, 3.05) is 0 Å². The maximum atomic E-state index is 12.4. The van der Waals surface area contributed by atoms with Gasteiger partial charge in [-0.25, -0.2) is 4.79 Å². The summed E-state index contributed by atoms with van der Waals surface area (Å²) in [4.78, 5) is 37.9. The molecule has 0 saturated heterocycles. The first-order valence-electron chi connectivity index (χ1n) is 8.27. The topological polar surface area (TPSA) is 104 Å². The van der Waals surface area contributed by atoms with Crippen LogP contribution in [-0.4, -0.2) is 26.7 Å². The molecule has 3 N–H and O–H groups in total. The molecule has 1 fully saturated rings. The fourth-order valence-corrected chi connectivity index (χ4v) is 3.15. The SMILES string of the molecule is Cc1cn(CC(=O)NC(c2ccccc2)C2CC(O)C2)c(=O)[nH]c1=O. The number of nitrogens with one attached hydrogen (secondary N) is 2. The van der Waals surface area contributed by atoms with Crippen LogP contribution in [0.1, 0.15) is 30.0 Å². The molecule has 7 heteroatoms. The zero-order chi connectivity index (χ0) is 18.0. The summed E-state index contributed by atoms with van der Waals surface area (Å²) in [5, 5.41) is 12.5. The molecule has 1 saturated carbocycles. The van der Waals surface area contributed by atoms with E-state index in [1.165, 1.54) is 10.8 Å². The van der Waals surface area contributed by atoms with Gasteiger partial charge in [-0.05, 0) is 31.2 Å². The Morgan fingerprint density at radius 1 is 1.32 bits per heavy atom. The highest BCUT2D eigenvalue weighted by Gasteiger charge is 2.35. The number of hydrogen-bond donors (Lipinski definition) is 3. The van der Waals surface area contributed by atoms with Crippen LogP contribution in [0.4, 0.5) is 0 Å². The monoisotopic (exact) mass is 343 g/mol. The van der Waals surface area contributed by atoms with Crippen LogP contribution < -0.4 is 16.6 Å². The fraction of sp³-hybridized carbons (Fsp3) is 0.389. The largest absolute Gasteiger partial charge is 0.393 e. The highest BCUT2D eigenvalue weighted by molar-refractivity contribution is 5.76. The number of hydrogen-bond acceptors (Lipinski definition) is 4. The van der Waals surface area contributed by atoms with Crippen molar-refractivity contribution in [1.29, 1.82) is 0 Å². The maximum absolute atomic E-state index is 12.4. The lowest BCUT2D eigenvalue weighted by Crippen LogP contribution is -2.43. The molecule has 25 heavy (non-hydrogen) atoms. The number of aliphatic hydroxyl groups is 1. The lowest BCUT2D eigenvalue weighted by atomic mass is 9.75. The van der Waals surface area contributed by atoms with E-state index in [0.717, 1.165) is 5.56 Å². The molecule has 1 aromatic heterocycles. The average Bonchev–Trinajstić information content (AvgIpc) is 2.56. The van der Waals surface area contributed by atoms with Crippen LogP contribution >= 0.6 is 0 Å². The zero-order valence-electron chi connectivity index (χ0n) is 13.9. The number of aromatic nitrogens is 2. The molecule has 1 aliphatic rings. The number of rotatable bonds is 5. The number of benzene rings is 1. The molecule has 132 valence electrons.